The van der Waals surface area contributed by atoms with Crippen LogP contribution in [-0.4, -0.2) is 26.5 Å². The number of rotatable bonds is 6. The van der Waals surface area contributed by atoms with Crippen molar-refractivity contribution in [2.75, 3.05) is 6.61 Å². The Hall–Kier alpha value is -3.08. The normalized spacial score (nSPS) is 32.5. The summed E-state index contributed by atoms with van der Waals surface area (Å²) in [5, 5.41) is 3.73. The molecule has 0 bridgehead atoms. The van der Waals surface area contributed by atoms with Gasteiger partial charge >= 0.3 is 0 Å². The van der Waals surface area contributed by atoms with Gasteiger partial charge in [0.25, 0.3) is 8.32 Å². The molecular formula is C38H42O3Si. The van der Waals surface area contributed by atoms with E-state index in [-0.39, 0.29) is 22.5 Å². The molecule has 0 amide bonds. The van der Waals surface area contributed by atoms with Crippen LogP contribution in [0.25, 0.3) is 0 Å². The Morgan fingerprint density at radius 2 is 1.33 bits per heavy atom. The van der Waals surface area contributed by atoms with Crippen molar-refractivity contribution < 1.29 is 14.0 Å². The van der Waals surface area contributed by atoms with Crippen LogP contribution < -0.4 is 15.6 Å². The van der Waals surface area contributed by atoms with E-state index in [1.165, 1.54) is 21.1 Å². The molecule has 3 nitrogen and oxygen atoms in total. The minimum atomic E-state index is -2.91. The Bertz CT molecular complexity index is 1400. The van der Waals surface area contributed by atoms with Crippen molar-refractivity contribution in [2.45, 2.75) is 58.8 Å². The summed E-state index contributed by atoms with van der Waals surface area (Å²) in [4.78, 5) is 26.1. The van der Waals surface area contributed by atoms with Gasteiger partial charge in [0, 0.05) is 30.3 Å². The molecular weight excluding hydrogens is 533 g/mol. The van der Waals surface area contributed by atoms with Crippen LogP contribution in [0.3, 0.4) is 0 Å². The SMILES string of the molecule is CC1CC(=O)C=C2CC[C@@H]3[C@@H](CC[C@]4(C)C(=O)CC[C@@H]34)[C@]21CO[Si](c1ccccc1)(c1ccccc1)c1ccccc1. The molecule has 0 heterocycles. The van der Waals surface area contributed by atoms with Crippen molar-refractivity contribution in [1.29, 1.82) is 0 Å². The fourth-order valence-corrected chi connectivity index (χ4v) is 13.8. The lowest BCUT2D eigenvalue weighted by Gasteiger charge is -2.60. The highest BCUT2D eigenvalue weighted by molar-refractivity contribution is 7.07. The zero-order chi connectivity index (χ0) is 29.0. The van der Waals surface area contributed by atoms with Crippen molar-refractivity contribution in [2.24, 2.45) is 34.5 Å². The van der Waals surface area contributed by atoms with Gasteiger partial charge < -0.3 is 4.43 Å². The first kappa shape index (κ1) is 27.7. The quantitative estimate of drug-likeness (QED) is 0.268. The summed E-state index contributed by atoms with van der Waals surface area (Å²) >= 11 is 0. The van der Waals surface area contributed by atoms with E-state index in [9.17, 15) is 9.59 Å². The highest BCUT2D eigenvalue weighted by atomic mass is 28.4. The molecule has 0 saturated heterocycles. The highest BCUT2D eigenvalue weighted by Crippen LogP contribution is 2.65. The first-order valence-corrected chi connectivity index (χ1v) is 17.9. The van der Waals surface area contributed by atoms with E-state index in [0.29, 0.717) is 36.6 Å². The molecule has 6 atom stereocenters. The Kier molecular flexibility index (Phi) is 6.98. The largest absolute Gasteiger partial charge is 0.403 e. The Labute approximate surface area is 251 Å². The Morgan fingerprint density at radius 1 is 0.762 bits per heavy atom. The van der Waals surface area contributed by atoms with Crippen molar-refractivity contribution in [3.8, 4) is 0 Å². The number of carbonyl (C=O) groups is 2. The molecule has 1 unspecified atom stereocenters. The third-order valence-electron chi connectivity index (χ3n) is 11.9. The summed E-state index contributed by atoms with van der Waals surface area (Å²) in [5.74, 6) is 2.33. The van der Waals surface area contributed by atoms with Crippen molar-refractivity contribution in [1.82, 2.24) is 0 Å². The molecule has 7 rings (SSSR count). The van der Waals surface area contributed by atoms with Crippen LogP contribution in [-0.2, 0) is 14.0 Å². The van der Waals surface area contributed by atoms with Crippen molar-refractivity contribution >= 4 is 35.4 Å². The van der Waals surface area contributed by atoms with E-state index < -0.39 is 8.32 Å². The standard InChI is InChI=1S/C38H42O3Si/c1-27-24-29(39)25-28-18-19-33-34-20-21-36(40)37(34,2)23-22-35(33)38(27,28)26-41-42(30-12-6-3-7-13-30,31-14-8-4-9-15-31)32-16-10-5-11-17-32/h3-17,25,27,33-35H,18-24,26H2,1-2H3/t27?,33-,34-,35+,37-,38-/m0/s1. The van der Waals surface area contributed by atoms with Crippen molar-refractivity contribution in [3.63, 3.8) is 0 Å². The van der Waals surface area contributed by atoms with E-state index in [1.807, 2.05) is 6.08 Å². The Morgan fingerprint density at radius 3 is 1.90 bits per heavy atom. The van der Waals surface area contributed by atoms with Gasteiger partial charge in [0.2, 0.25) is 0 Å². The molecule has 0 aromatic heterocycles. The number of Topliss-reactive ketones (excluding diaryl/α,β-unsaturated/α-hetero) is 1. The lowest BCUT2D eigenvalue weighted by atomic mass is 9.45. The molecule has 0 radical (unpaired) electrons. The molecule has 216 valence electrons. The van der Waals surface area contributed by atoms with Crippen LogP contribution in [0.2, 0.25) is 0 Å². The number of ketones is 2. The van der Waals surface area contributed by atoms with Crippen LogP contribution in [0.4, 0.5) is 0 Å². The number of hydrogen-bond acceptors (Lipinski definition) is 3. The minimum Gasteiger partial charge on any atom is -0.403 e. The second kappa shape index (κ2) is 10.6. The predicted octanol–water partition coefficient (Wildman–Crippen LogP) is 6.00. The molecule has 3 aromatic rings. The lowest BCUT2D eigenvalue weighted by Crippen LogP contribution is -2.70. The molecule has 0 aliphatic heterocycles. The lowest BCUT2D eigenvalue weighted by molar-refractivity contribution is -0.136. The Balaban J connectivity index is 1.38. The summed E-state index contributed by atoms with van der Waals surface area (Å²) in [6.07, 6.45) is 8.37. The molecule has 4 aliphatic rings. The van der Waals surface area contributed by atoms with Crippen molar-refractivity contribution in [3.05, 3.63) is 103 Å². The first-order chi connectivity index (χ1) is 20.4. The van der Waals surface area contributed by atoms with E-state index in [1.54, 1.807) is 0 Å². The zero-order valence-electron chi connectivity index (χ0n) is 24.9. The van der Waals surface area contributed by atoms with Gasteiger partial charge in [-0.3, -0.25) is 9.59 Å². The van der Waals surface area contributed by atoms with Gasteiger partial charge in [-0.2, -0.15) is 0 Å². The average Bonchev–Trinajstić information content (AvgIpc) is 3.33. The van der Waals surface area contributed by atoms with E-state index in [4.69, 9.17) is 4.43 Å². The third kappa shape index (κ3) is 4.09. The smallest absolute Gasteiger partial charge is 0.288 e. The van der Waals surface area contributed by atoms with Crippen LogP contribution in [0.5, 0.6) is 0 Å². The summed E-state index contributed by atoms with van der Waals surface area (Å²) in [6, 6.07) is 32.5. The molecule has 4 aliphatic carbocycles. The van der Waals surface area contributed by atoms with Gasteiger partial charge in [0.05, 0.1) is 0 Å². The van der Waals surface area contributed by atoms with Crippen LogP contribution in [0.15, 0.2) is 103 Å². The summed E-state index contributed by atoms with van der Waals surface area (Å²) in [5.41, 5.74) is 0.951. The molecule has 42 heavy (non-hydrogen) atoms. The number of hydrogen-bond donors (Lipinski definition) is 0. The monoisotopic (exact) mass is 574 g/mol. The van der Waals surface area contributed by atoms with E-state index >= 15 is 0 Å². The maximum atomic E-state index is 13.1. The average molecular weight is 575 g/mol. The van der Waals surface area contributed by atoms with Gasteiger partial charge in [-0.15, -0.1) is 0 Å². The zero-order valence-corrected chi connectivity index (χ0v) is 25.9. The van der Waals surface area contributed by atoms with Gasteiger partial charge in [-0.25, -0.2) is 0 Å². The topological polar surface area (TPSA) is 43.4 Å². The predicted molar refractivity (Wildman–Crippen MR) is 171 cm³/mol. The summed E-state index contributed by atoms with van der Waals surface area (Å²) in [7, 11) is -2.91. The molecule has 3 fully saturated rings. The maximum absolute atomic E-state index is 13.1. The molecule has 4 heteroatoms. The fraction of sp³-hybridized carbons (Fsp3) is 0.421. The number of fused-ring (bicyclic) bond motifs is 5. The van der Waals surface area contributed by atoms with Crippen LogP contribution >= 0.6 is 0 Å². The van der Waals surface area contributed by atoms with Gasteiger partial charge in [0.15, 0.2) is 5.78 Å². The van der Waals surface area contributed by atoms with Gasteiger partial charge in [-0.05, 0) is 77.4 Å². The summed E-state index contributed by atoms with van der Waals surface area (Å²) < 4.78 is 7.72. The number of benzene rings is 3. The maximum Gasteiger partial charge on any atom is 0.288 e. The van der Waals surface area contributed by atoms with Gasteiger partial charge in [0.1, 0.15) is 5.78 Å². The summed E-state index contributed by atoms with van der Waals surface area (Å²) in [6.45, 7) is 5.17. The third-order valence-corrected chi connectivity index (χ3v) is 16.0. The second-order valence-electron chi connectivity index (χ2n) is 13.7. The molecule has 0 spiro atoms. The number of carbonyl (C=O) groups excluding carboxylic acids is 2. The molecule has 0 N–H and O–H groups in total. The fourth-order valence-electron chi connectivity index (χ4n) is 9.86. The first-order valence-electron chi connectivity index (χ1n) is 16.0. The molecule has 3 saturated carbocycles. The van der Waals surface area contributed by atoms with Gasteiger partial charge in [-0.1, -0.05) is 110 Å². The molecule has 3 aromatic carbocycles. The van der Waals surface area contributed by atoms with E-state index in [2.05, 4.69) is 105 Å². The van der Waals surface area contributed by atoms with Crippen LogP contribution in [0, 0.1) is 34.5 Å². The minimum absolute atomic E-state index is 0.172. The van der Waals surface area contributed by atoms with E-state index in [0.717, 1.165) is 38.5 Å². The highest BCUT2D eigenvalue weighted by Gasteiger charge is 2.62. The van der Waals surface area contributed by atoms with Crippen LogP contribution in [0.1, 0.15) is 58.8 Å². The second-order valence-corrected chi connectivity index (χ2v) is 17.1.